The summed E-state index contributed by atoms with van der Waals surface area (Å²) in [4.78, 5) is 0. The van der Waals surface area contributed by atoms with Crippen molar-refractivity contribution in [2.45, 2.75) is 26.9 Å². The van der Waals surface area contributed by atoms with E-state index < -0.39 is 6.10 Å². The molecule has 0 amide bonds. The molecule has 88 valence electrons. The number of benzene rings is 1. The Labute approximate surface area is 97.6 Å². The quantitative estimate of drug-likeness (QED) is 0.789. The molecule has 0 bridgehead atoms. The molecule has 1 atom stereocenters. The summed E-state index contributed by atoms with van der Waals surface area (Å²) in [7, 11) is 0. The third kappa shape index (κ3) is 3.38. The van der Waals surface area contributed by atoms with Gasteiger partial charge in [-0.05, 0) is 23.1 Å². The molecule has 2 heteroatoms. The van der Waals surface area contributed by atoms with E-state index in [1.165, 1.54) is 0 Å². The average Bonchev–Trinajstić information content (AvgIpc) is 2.25. The minimum Gasteiger partial charge on any atom is -0.490 e. The number of rotatable bonds is 4. The minimum absolute atomic E-state index is 0.149. The van der Waals surface area contributed by atoms with Crippen molar-refractivity contribution < 1.29 is 9.84 Å². The highest BCUT2D eigenvalue weighted by Crippen LogP contribution is 2.32. The Morgan fingerprint density at radius 1 is 1.31 bits per heavy atom. The molecule has 0 fully saturated rings. The van der Waals surface area contributed by atoms with Crippen LogP contribution in [0.25, 0.3) is 0 Å². The van der Waals surface area contributed by atoms with Gasteiger partial charge in [0.2, 0.25) is 0 Å². The molecule has 2 nitrogen and oxygen atoms in total. The highest BCUT2D eigenvalue weighted by atomic mass is 16.5. The van der Waals surface area contributed by atoms with E-state index in [0.717, 1.165) is 11.3 Å². The first-order valence-corrected chi connectivity index (χ1v) is 5.47. The van der Waals surface area contributed by atoms with Crippen LogP contribution in [-0.2, 0) is 0 Å². The van der Waals surface area contributed by atoms with Crippen LogP contribution in [0.3, 0.4) is 0 Å². The Kier molecular flexibility index (Phi) is 4.13. The van der Waals surface area contributed by atoms with Gasteiger partial charge in [-0.2, -0.15) is 0 Å². The Morgan fingerprint density at radius 3 is 2.31 bits per heavy atom. The number of hydrogen-bond acceptors (Lipinski definition) is 2. The second-order valence-corrected chi connectivity index (χ2v) is 4.94. The van der Waals surface area contributed by atoms with Crippen LogP contribution in [0.2, 0.25) is 0 Å². The van der Waals surface area contributed by atoms with Crippen LogP contribution in [0.15, 0.2) is 36.9 Å². The molecule has 0 aliphatic heterocycles. The van der Waals surface area contributed by atoms with E-state index in [1.807, 2.05) is 45.0 Å². The fourth-order valence-corrected chi connectivity index (χ4v) is 1.40. The van der Waals surface area contributed by atoms with E-state index in [9.17, 15) is 5.11 Å². The summed E-state index contributed by atoms with van der Waals surface area (Å²) in [6.07, 6.45) is 1.25. The van der Waals surface area contributed by atoms with Crippen LogP contribution in [-0.4, -0.2) is 11.7 Å². The summed E-state index contributed by atoms with van der Waals surface area (Å²) in [5.41, 5.74) is 0.766. The monoisotopic (exact) mass is 220 g/mol. The molecule has 1 aromatic carbocycles. The van der Waals surface area contributed by atoms with Gasteiger partial charge in [0.05, 0.1) is 6.10 Å². The molecule has 0 radical (unpaired) electrons. The molecule has 16 heavy (non-hydrogen) atoms. The van der Waals surface area contributed by atoms with E-state index in [2.05, 4.69) is 6.58 Å². The van der Waals surface area contributed by atoms with Crippen molar-refractivity contribution in [3.05, 3.63) is 42.5 Å². The number of aliphatic hydroxyl groups excluding tert-OH is 1. The lowest BCUT2D eigenvalue weighted by Crippen LogP contribution is -2.17. The Morgan fingerprint density at radius 2 is 1.88 bits per heavy atom. The molecule has 0 saturated heterocycles. The lowest BCUT2D eigenvalue weighted by molar-refractivity contribution is 0.0626. The van der Waals surface area contributed by atoms with Crippen molar-refractivity contribution in [1.29, 1.82) is 0 Å². The summed E-state index contributed by atoms with van der Waals surface area (Å²) in [6, 6.07) is 7.53. The minimum atomic E-state index is -0.457. The first kappa shape index (κ1) is 12.8. The van der Waals surface area contributed by atoms with Crippen molar-refractivity contribution in [3.8, 4) is 5.75 Å². The Balaban J connectivity index is 2.74. The van der Waals surface area contributed by atoms with Crippen molar-refractivity contribution in [2.24, 2.45) is 5.41 Å². The zero-order valence-corrected chi connectivity index (χ0v) is 10.2. The first-order chi connectivity index (χ1) is 7.45. The van der Waals surface area contributed by atoms with Gasteiger partial charge in [0, 0.05) is 0 Å². The third-order valence-electron chi connectivity index (χ3n) is 2.38. The van der Waals surface area contributed by atoms with Gasteiger partial charge in [-0.1, -0.05) is 45.6 Å². The van der Waals surface area contributed by atoms with Gasteiger partial charge in [-0.25, -0.2) is 0 Å². The highest BCUT2D eigenvalue weighted by molar-refractivity contribution is 5.29. The molecule has 0 heterocycles. The van der Waals surface area contributed by atoms with Crippen molar-refractivity contribution in [3.63, 3.8) is 0 Å². The van der Waals surface area contributed by atoms with Gasteiger partial charge in [0.1, 0.15) is 12.4 Å². The SMILES string of the molecule is C=CCOc1ccc(C(O)C(C)(C)C)cc1. The first-order valence-electron chi connectivity index (χ1n) is 5.47. The van der Waals surface area contributed by atoms with Crippen molar-refractivity contribution in [2.75, 3.05) is 6.61 Å². The zero-order chi connectivity index (χ0) is 12.2. The maximum absolute atomic E-state index is 10.1. The standard InChI is InChI=1S/C14H20O2/c1-5-10-16-12-8-6-11(7-9-12)13(15)14(2,3)4/h5-9,13,15H,1,10H2,2-4H3. The lowest BCUT2D eigenvalue weighted by Gasteiger charge is -2.26. The second kappa shape index (κ2) is 5.17. The van der Waals surface area contributed by atoms with Gasteiger partial charge in [-0.3, -0.25) is 0 Å². The maximum atomic E-state index is 10.1. The molecule has 0 spiro atoms. The fraction of sp³-hybridized carbons (Fsp3) is 0.429. The van der Waals surface area contributed by atoms with Gasteiger partial charge >= 0.3 is 0 Å². The second-order valence-electron chi connectivity index (χ2n) is 4.94. The summed E-state index contributed by atoms with van der Waals surface area (Å²) in [6.45, 7) is 10.1. The molecule has 1 aromatic rings. The summed E-state index contributed by atoms with van der Waals surface area (Å²) >= 11 is 0. The van der Waals surface area contributed by atoms with Gasteiger partial charge in [-0.15, -0.1) is 0 Å². The van der Waals surface area contributed by atoms with Gasteiger partial charge in [0.15, 0.2) is 0 Å². The molecule has 0 aromatic heterocycles. The summed E-state index contributed by atoms with van der Waals surface area (Å²) in [5, 5.41) is 10.1. The van der Waals surface area contributed by atoms with E-state index >= 15 is 0 Å². The summed E-state index contributed by atoms with van der Waals surface area (Å²) in [5.74, 6) is 0.796. The van der Waals surface area contributed by atoms with Crippen molar-refractivity contribution in [1.82, 2.24) is 0 Å². The normalized spacial score (nSPS) is 13.2. The number of aliphatic hydroxyl groups is 1. The fourth-order valence-electron chi connectivity index (χ4n) is 1.40. The Hall–Kier alpha value is -1.28. The maximum Gasteiger partial charge on any atom is 0.119 e. The van der Waals surface area contributed by atoms with Gasteiger partial charge < -0.3 is 9.84 Å². The largest absolute Gasteiger partial charge is 0.490 e. The van der Waals surface area contributed by atoms with E-state index in [1.54, 1.807) is 6.08 Å². The zero-order valence-electron chi connectivity index (χ0n) is 10.2. The molecule has 1 N–H and O–H groups in total. The molecule has 1 rings (SSSR count). The molecular formula is C14H20O2. The number of ether oxygens (including phenoxy) is 1. The third-order valence-corrected chi connectivity index (χ3v) is 2.38. The summed E-state index contributed by atoms with van der Waals surface area (Å²) < 4.78 is 5.38. The highest BCUT2D eigenvalue weighted by Gasteiger charge is 2.23. The van der Waals surface area contributed by atoms with Crippen LogP contribution in [0.4, 0.5) is 0 Å². The van der Waals surface area contributed by atoms with Crippen LogP contribution in [0, 0.1) is 5.41 Å². The van der Waals surface area contributed by atoms with Crippen LogP contribution < -0.4 is 4.74 Å². The predicted molar refractivity (Wildman–Crippen MR) is 66.5 cm³/mol. The number of hydrogen-bond donors (Lipinski definition) is 1. The van der Waals surface area contributed by atoms with Crippen LogP contribution in [0.1, 0.15) is 32.4 Å². The van der Waals surface area contributed by atoms with E-state index in [4.69, 9.17) is 4.74 Å². The van der Waals surface area contributed by atoms with E-state index in [-0.39, 0.29) is 5.41 Å². The molecule has 1 unspecified atom stereocenters. The smallest absolute Gasteiger partial charge is 0.119 e. The Bertz CT molecular complexity index is 333. The predicted octanol–water partition coefficient (Wildman–Crippen LogP) is 3.33. The average molecular weight is 220 g/mol. The van der Waals surface area contributed by atoms with Crippen LogP contribution in [0.5, 0.6) is 5.75 Å². The lowest BCUT2D eigenvalue weighted by atomic mass is 9.85. The van der Waals surface area contributed by atoms with Crippen LogP contribution >= 0.6 is 0 Å². The van der Waals surface area contributed by atoms with E-state index in [0.29, 0.717) is 6.61 Å². The topological polar surface area (TPSA) is 29.5 Å². The molecule has 0 aliphatic carbocycles. The molecular weight excluding hydrogens is 200 g/mol. The molecule has 0 saturated carbocycles. The molecule has 0 aliphatic rings. The van der Waals surface area contributed by atoms with Crippen molar-refractivity contribution >= 4 is 0 Å². The van der Waals surface area contributed by atoms with Gasteiger partial charge in [0.25, 0.3) is 0 Å².